The van der Waals surface area contributed by atoms with Crippen LogP contribution >= 0.6 is 0 Å². The summed E-state index contributed by atoms with van der Waals surface area (Å²) in [7, 11) is -2.89. The van der Waals surface area contributed by atoms with Crippen molar-refractivity contribution in [3.05, 3.63) is 0 Å². The fourth-order valence-electron chi connectivity index (χ4n) is 3.78. The Hall–Kier alpha value is -0.580. The van der Waals surface area contributed by atoms with E-state index < -0.39 is 9.84 Å². The quantitative estimate of drug-likeness (QED) is 0.862. The van der Waals surface area contributed by atoms with Crippen molar-refractivity contribution in [3.63, 3.8) is 0 Å². The Bertz CT molecular complexity index is 476. The summed E-state index contributed by atoms with van der Waals surface area (Å²) in [5.74, 6) is 1.07. The molecule has 1 aliphatic heterocycles. The topological polar surface area (TPSA) is 63.2 Å². The van der Waals surface area contributed by atoms with E-state index in [-0.39, 0.29) is 29.4 Å². The summed E-state index contributed by atoms with van der Waals surface area (Å²) in [6.45, 7) is 6.95. The third kappa shape index (κ3) is 4.46. The summed E-state index contributed by atoms with van der Waals surface area (Å²) in [6, 6.07) is 0.287. The normalized spacial score (nSPS) is 30.0. The van der Waals surface area contributed by atoms with E-state index in [0.29, 0.717) is 18.3 Å². The SMILES string of the molecule is CCC(C)(C)C1CCC(NC(=O)C2CCS(=O)(=O)CC2)CC1. The van der Waals surface area contributed by atoms with Crippen molar-refractivity contribution in [2.75, 3.05) is 11.5 Å². The maximum atomic E-state index is 12.3. The molecule has 0 aromatic heterocycles. The molecule has 1 saturated carbocycles. The van der Waals surface area contributed by atoms with Gasteiger partial charge in [-0.1, -0.05) is 27.2 Å². The Balaban J connectivity index is 1.78. The fourth-order valence-corrected chi connectivity index (χ4v) is 5.27. The zero-order valence-electron chi connectivity index (χ0n) is 14.2. The average Bonchev–Trinajstić information content (AvgIpc) is 2.47. The van der Waals surface area contributed by atoms with Gasteiger partial charge in [0.25, 0.3) is 0 Å². The van der Waals surface area contributed by atoms with Crippen molar-refractivity contribution in [2.45, 2.75) is 71.8 Å². The first-order valence-corrected chi connectivity index (χ1v) is 10.6. The third-order valence-corrected chi connectivity index (χ3v) is 7.73. The Morgan fingerprint density at radius 2 is 1.59 bits per heavy atom. The monoisotopic (exact) mass is 329 g/mol. The molecular formula is C17H31NO3S. The molecule has 2 rings (SSSR count). The van der Waals surface area contributed by atoms with Crippen LogP contribution in [0.25, 0.3) is 0 Å². The summed E-state index contributed by atoms with van der Waals surface area (Å²) < 4.78 is 22.9. The molecular weight excluding hydrogens is 298 g/mol. The molecule has 0 unspecified atom stereocenters. The molecule has 0 radical (unpaired) electrons. The summed E-state index contributed by atoms with van der Waals surface area (Å²) in [6.07, 6.45) is 6.68. The van der Waals surface area contributed by atoms with Gasteiger partial charge in [0.15, 0.2) is 0 Å². The number of carbonyl (C=O) groups is 1. The van der Waals surface area contributed by atoms with Gasteiger partial charge in [-0.15, -0.1) is 0 Å². The van der Waals surface area contributed by atoms with Crippen LogP contribution in [0.5, 0.6) is 0 Å². The van der Waals surface area contributed by atoms with Crippen molar-refractivity contribution in [1.29, 1.82) is 0 Å². The molecule has 1 N–H and O–H groups in total. The summed E-state index contributed by atoms with van der Waals surface area (Å²) >= 11 is 0. The second-order valence-electron chi connectivity index (χ2n) is 7.83. The first-order valence-electron chi connectivity index (χ1n) is 8.74. The summed E-state index contributed by atoms with van der Waals surface area (Å²) in [5, 5.41) is 3.17. The van der Waals surface area contributed by atoms with E-state index in [1.54, 1.807) is 0 Å². The zero-order valence-corrected chi connectivity index (χ0v) is 15.0. The molecule has 4 nitrogen and oxygen atoms in total. The minimum atomic E-state index is -2.89. The van der Waals surface area contributed by atoms with Crippen LogP contribution in [0, 0.1) is 17.3 Å². The maximum Gasteiger partial charge on any atom is 0.223 e. The molecule has 0 bridgehead atoms. The fraction of sp³-hybridized carbons (Fsp3) is 0.941. The van der Waals surface area contributed by atoms with Crippen molar-refractivity contribution in [3.8, 4) is 0 Å². The third-order valence-electron chi connectivity index (χ3n) is 6.02. The van der Waals surface area contributed by atoms with E-state index >= 15 is 0 Å². The minimum Gasteiger partial charge on any atom is -0.353 e. The van der Waals surface area contributed by atoms with Crippen LogP contribution < -0.4 is 5.32 Å². The predicted octanol–water partition coefficient (Wildman–Crippen LogP) is 2.92. The second-order valence-corrected chi connectivity index (χ2v) is 10.1. The first-order chi connectivity index (χ1) is 10.2. The molecule has 2 aliphatic rings. The van der Waals surface area contributed by atoms with Gasteiger partial charge in [-0.25, -0.2) is 8.42 Å². The smallest absolute Gasteiger partial charge is 0.223 e. The van der Waals surface area contributed by atoms with E-state index in [1.165, 1.54) is 19.3 Å². The lowest BCUT2D eigenvalue weighted by Crippen LogP contribution is -2.44. The first kappa shape index (κ1) is 17.8. The molecule has 128 valence electrons. The molecule has 1 aliphatic carbocycles. The average molecular weight is 330 g/mol. The molecule has 22 heavy (non-hydrogen) atoms. The van der Waals surface area contributed by atoms with Crippen molar-refractivity contribution in [2.24, 2.45) is 17.3 Å². The number of sulfone groups is 1. The van der Waals surface area contributed by atoms with Crippen molar-refractivity contribution < 1.29 is 13.2 Å². The molecule has 2 fully saturated rings. The Morgan fingerprint density at radius 3 is 2.09 bits per heavy atom. The molecule has 0 aromatic carbocycles. The van der Waals surface area contributed by atoms with Crippen molar-refractivity contribution >= 4 is 15.7 Å². The summed E-state index contributed by atoms with van der Waals surface area (Å²) in [4.78, 5) is 12.3. The predicted molar refractivity (Wildman–Crippen MR) is 89.3 cm³/mol. The van der Waals surface area contributed by atoms with E-state index in [0.717, 1.165) is 18.8 Å². The maximum absolute atomic E-state index is 12.3. The molecule has 5 heteroatoms. The largest absolute Gasteiger partial charge is 0.353 e. The molecule has 1 heterocycles. The lowest BCUT2D eigenvalue weighted by atomic mass is 9.69. The Morgan fingerprint density at radius 1 is 1.05 bits per heavy atom. The van der Waals surface area contributed by atoms with Gasteiger partial charge in [-0.05, 0) is 49.9 Å². The van der Waals surface area contributed by atoms with E-state index in [4.69, 9.17) is 0 Å². The van der Waals surface area contributed by atoms with Gasteiger partial charge in [0, 0.05) is 12.0 Å². The van der Waals surface area contributed by atoms with Crippen LogP contribution in [0.2, 0.25) is 0 Å². The molecule has 1 amide bonds. The number of carbonyl (C=O) groups excluding carboxylic acids is 1. The Kier molecular flexibility index (Phi) is 5.57. The van der Waals surface area contributed by atoms with E-state index in [9.17, 15) is 13.2 Å². The standard InChI is InChI=1S/C17H31NO3S/c1-4-17(2,3)14-5-7-15(8-6-14)18-16(19)13-9-11-22(20,21)12-10-13/h13-15H,4-12H2,1-3H3,(H,18,19). The molecule has 0 aromatic rings. The Labute approximate surface area is 135 Å². The number of rotatable bonds is 4. The van der Waals surface area contributed by atoms with E-state index in [1.807, 2.05) is 0 Å². The minimum absolute atomic E-state index is 0.0769. The second kappa shape index (κ2) is 6.90. The number of amides is 1. The van der Waals surface area contributed by atoms with Gasteiger partial charge in [-0.3, -0.25) is 4.79 Å². The highest BCUT2D eigenvalue weighted by atomic mass is 32.2. The van der Waals surface area contributed by atoms with Gasteiger partial charge in [0.1, 0.15) is 9.84 Å². The van der Waals surface area contributed by atoms with E-state index in [2.05, 4.69) is 26.1 Å². The molecule has 0 spiro atoms. The highest BCUT2D eigenvalue weighted by molar-refractivity contribution is 7.91. The van der Waals surface area contributed by atoms with Crippen molar-refractivity contribution in [1.82, 2.24) is 5.32 Å². The lowest BCUT2D eigenvalue weighted by molar-refractivity contribution is -0.126. The van der Waals surface area contributed by atoms with Gasteiger partial charge in [0.2, 0.25) is 5.91 Å². The van der Waals surface area contributed by atoms with Crippen LogP contribution in [-0.4, -0.2) is 31.9 Å². The van der Waals surface area contributed by atoms with Crippen LogP contribution in [0.3, 0.4) is 0 Å². The van der Waals surface area contributed by atoms with Gasteiger partial charge < -0.3 is 5.32 Å². The lowest BCUT2D eigenvalue weighted by Gasteiger charge is -2.39. The molecule has 1 saturated heterocycles. The van der Waals surface area contributed by atoms with Crippen LogP contribution in [0.15, 0.2) is 0 Å². The van der Waals surface area contributed by atoms with Crippen LogP contribution in [-0.2, 0) is 14.6 Å². The number of nitrogens with one attached hydrogen (secondary N) is 1. The van der Waals surface area contributed by atoms with Gasteiger partial charge >= 0.3 is 0 Å². The molecule has 0 atom stereocenters. The van der Waals surface area contributed by atoms with Gasteiger partial charge in [0.05, 0.1) is 11.5 Å². The highest BCUT2D eigenvalue weighted by Gasteiger charge is 2.34. The highest BCUT2D eigenvalue weighted by Crippen LogP contribution is 2.40. The number of hydrogen-bond donors (Lipinski definition) is 1. The van der Waals surface area contributed by atoms with Crippen LogP contribution in [0.4, 0.5) is 0 Å². The summed E-state index contributed by atoms with van der Waals surface area (Å²) in [5.41, 5.74) is 0.396. The zero-order chi connectivity index (χ0) is 16.4. The number of hydrogen-bond acceptors (Lipinski definition) is 3. The van der Waals surface area contributed by atoms with Gasteiger partial charge in [-0.2, -0.15) is 0 Å². The van der Waals surface area contributed by atoms with Crippen LogP contribution in [0.1, 0.15) is 65.7 Å².